The van der Waals surface area contributed by atoms with Crippen LogP contribution in [0.2, 0.25) is 0 Å². The number of hydrogen-bond acceptors (Lipinski definition) is 5. The lowest BCUT2D eigenvalue weighted by Gasteiger charge is -2.28. The van der Waals surface area contributed by atoms with Crippen molar-refractivity contribution >= 4 is 33.4 Å². The van der Waals surface area contributed by atoms with Gasteiger partial charge >= 0.3 is 0 Å². The summed E-state index contributed by atoms with van der Waals surface area (Å²) in [5, 5.41) is 2.89. The van der Waals surface area contributed by atoms with E-state index in [0.29, 0.717) is 25.2 Å². The zero-order valence-electron chi connectivity index (χ0n) is 17.4. The molecule has 2 aromatic rings. The number of carbonyl (C=O) groups excluding carboxylic acids is 1. The molecule has 2 saturated heterocycles. The lowest BCUT2D eigenvalue weighted by Crippen LogP contribution is -2.36. The minimum absolute atomic E-state index is 0.177. The second kappa shape index (κ2) is 9.53. The number of benzene rings is 2. The molecule has 0 saturated carbocycles. The maximum atomic E-state index is 12.2. The largest absolute Gasteiger partial charge is 0.378 e. The van der Waals surface area contributed by atoms with Crippen LogP contribution in [0.15, 0.2) is 54.6 Å². The van der Waals surface area contributed by atoms with Crippen molar-refractivity contribution in [1.82, 2.24) is 5.32 Å². The number of amides is 1. The summed E-state index contributed by atoms with van der Waals surface area (Å²) >= 11 is 0. The van der Waals surface area contributed by atoms with Gasteiger partial charge in [0.25, 0.3) is 0 Å². The van der Waals surface area contributed by atoms with Gasteiger partial charge in [-0.1, -0.05) is 24.3 Å². The molecule has 0 bridgehead atoms. The predicted molar refractivity (Wildman–Crippen MR) is 123 cm³/mol. The third-order valence-electron chi connectivity index (χ3n) is 5.49. The van der Waals surface area contributed by atoms with E-state index in [9.17, 15) is 13.2 Å². The van der Waals surface area contributed by atoms with E-state index in [0.717, 1.165) is 37.4 Å². The summed E-state index contributed by atoms with van der Waals surface area (Å²) in [6, 6.07) is 15.4. The van der Waals surface area contributed by atoms with Crippen LogP contribution in [0.1, 0.15) is 17.5 Å². The Balaban J connectivity index is 1.27. The molecule has 0 radical (unpaired) electrons. The topological polar surface area (TPSA) is 79.0 Å². The fourth-order valence-electron chi connectivity index (χ4n) is 3.75. The highest BCUT2D eigenvalue weighted by atomic mass is 32.2. The van der Waals surface area contributed by atoms with Crippen LogP contribution in [0.3, 0.4) is 0 Å². The van der Waals surface area contributed by atoms with Crippen LogP contribution in [-0.2, 0) is 26.1 Å². The molecule has 2 aliphatic heterocycles. The van der Waals surface area contributed by atoms with Crippen LogP contribution in [0.4, 0.5) is 11.4 Å². The maximum Gasteiger partial charge on any atom is 0.244 e. The lowest BCUT2D eigenvalue weighted by molar-refractivity contribution is -0.116. The van der Waals surface area contributed by atoms with Crippen LogP contribution in [0.5, 0.6) is 0 Å². The van der Waals surface area contributed by atoms with Gasteiger partial charge in [-0.05, 0) is 47.9 Å². The molecule has 0 aromatic heterocycles. The molecule has 8 heteroatoms. The van der Waals surface area contributed by atoms with Crippen molar-refractivity contribution in [3.05, 3.63) is 65.7 Å². The zero-order valence-corrected chi connectivity index (χ0v) is 18.2. The van der Waals surface area contributed by atoms with Gasteiger partial charge in [-0.3, -0.25) is 9.10 Å². The Morgan fingerprint density at radius 2 is 1.65 bits per heavy atom. The Kier molecular flexibility index (Phi) is 6.58. The number of nitrogens with one attached hydrogen (secondary N) is 1. The van der Waals surface area contributed by atoms with E-state index in [1.807, 2.05) is 24.3 Å². The molecule has 0 unspecified atom stereocenters. The molecule has 2 aromatic carbocycles. The minimum Gasteiger partial charge on any atom is -0.378 e. The van der Waals surface area contributed by atoms with Crippen molar-refractivity contribution in [3.63, 3.8) is 0 Å². The molecule has 164 valence electrons. The van der Waals surface area contributed by atoms with E-state index in [4.69, 9.17) is 4.74 Å². The molecule has 31 heavy (non-hydrogen) atoms. The SMILES string of the molecule is O=C(/C=C/c1ccc(N2CCCS2(=O)=O)cc1)NCc1ccc(N2CCOCC2)cc1. The molecule has 2 fully saturated rings. The van der Waals surface area contributed by atoms with Gasteiger partial charge in [0.15, 0.2) is 0 Å². The fourth-order valence-corrected chi connectivity index (χ4v) is 5.31. The number of anilines is 2. The molecular weight excluding hydrogens is 414 g/mol. The van der Waals surface area contributed by atoms with Crippen molar-refractivity contribution in [2.24, 2.45) is 0 Å². The van der Waals surface area contributed by atoms with Gasteiger partial charge in [-0.15, -0.1) is 0 Å². The second-order valence-electron chi connectivity index (χ2n) is 7.65. The van der Waals surface area contributed by atoms with E-state index >= 15 is 0 Å². The Labute approximate surface area is 183 Å². The van der Waals surface area contributed by atoms with Crippen LogP contribution in [0.25, 0.3) is 6.08 Å². The van der Waals surface area contributed by atoms with Crippen molar-refractivity contribution in [2.75, 3.05) is 47.8 Å². The Bertz CT molecular complexity index is 1030. The van der Waals surface area contributed by atoms with E-state index in [2.05, 4.69) is 22.3 Å². The molecule has 7 nitrogen and oxygen atoms in total. The average Bonchev–Trinajstić information content (AvgIpc) is 3.16. The molecule has 0 atom stereocenters. The number of nitrogens with zero attached hydrogens (tertiary/aromatic N) is 2. The molecule has 0 spiro atoms. The number of morpholine rings is 1. The van der Waals surface area contributed by atoms with E-state index in [1.54, 1.807) is 18.2 Å². The predicted octanol–water partition coefficient (Wildman–Crippen LogP) is 2.39. The highest BCUT2D eigenvalue weighted by molar-refractivity contribution is 7.93. The number of hydrogen-bond donors (Lipinski definition) is 1. The van der Waals surface area contributed by atoms with E-state index < -0.39 is 10.0 Å². The van der Waals surface area contributed by atoms with Crippen molar-refractivity contribution in [2.45, 2.75) is 13.0 Å². The summed E-state index contributed by atoms with van der Waals surface area (Å²) in [6.45, 7) is 4.28. The third kappa shape index (κ3) is 5.45. The number of sulfonamides is 1. The van der Waals surface area contributed by atoms with Crippen LogP contribution >= 0.6 is 0 Å². The van der Waals surface area contributed by atoms with E-state index in [1.165, 1.54) is 16.1 Å². The van der Waals surface area contributed by atoms with Gasteiger partial charge in [0.2, 0.25) is 15.9 Å². The van der Waals surface area contributed by atoms with Crippen LogP contribution in [-0.4, -0.2) is 52.9 Å². The van der Waals surface area contributed by atoms with Crippen molar-refractivity contribution in [3.8, 4) is 0 Å². The number of carbonyl (C=O) groups is 1. The maximum absolute atomic E-state index is 12.2. The Morgan fingerprint density at radius 1 is 0.968 bits per heavy atom. The van der Waals surface area contributed by atoms with Crippen LogP contribution < -0.4 is 14.5 Å². The first-order chi connectivity index (χ1) is 15.0. The highest BCUT2D eigenvalue weighted by Crippen LogP contribution is 2.24. The summed E-state index contributed by atoms with van der Waals surface area (Å²) in [7, 11) is -3.18. The molecule has 1 N–H and O–H groups in total. The van der Waals surface area contributed by atoms with E-state index in [-0.39, 0.29) is 11.7 Å². The van der Waals surface area contributed by atoms with Crippen LogP contribution in [0, 0.1) is 0 Å². The first kappa shape index (κ1) is 21.4. The average molecular weight is 442 g/mol. The first-order valence-electron chi connectivity index (χ1n) is 10.5. The van der Waals surface area contributed by atoms with Crippen molar-refractivity contribution in [1.29, 1.82) is 0 Å². The van der Waals surface area contributed by atoms with Gasteiger partial charge in [-0.25, -0.2) is 8.42 Å². The monoisotopic (exact) mass is 441 g/mol. The van der Waals surface area contributed by atoms with Gasteiger partial charge in [-0.2, -0.15) is 0 Å². The summed E-state index contributed by atoms with van der Waals surface area (Å²) in [5.41, 5.74) is 3.71. The lowest BCUT2D eigenvalue weighted by atomic mass is 10.1. The molecular formula is C23H27N3O4S. The number of rotatable bonds is 6. The quantitative estimate of drug-likeness (QED) is 0.697. The van der Waals surface area contributed by atoms with Gasteiger partial charge in [0.1, 0.15) is 0 Å². The molecule has 4 rings (SSSR count). The summed E-state index contributed by atoms with van der Waals surface area (Å²) in [4.78, 5) is 14.4. The molecule has 1 amide bonds. The zero-order chi connectivity index (χ0) is 21.7. The second-order valence-corrected chi connectivity index (χ2v) is 9.66. The van der Waals surface area contributed by atoms with Gasteiger partial charge in [0.05, 0.1) is 24.7 Å². The van der Waals surface area contributed by atoms with Gasteiger partial charge < -0.3 is 15.0 Å². The third-order valence-corrected chi connectivity index (χ3v) is 7.36. The normalized spacial score (nSPS) is 18.5. The fraction of sp³-hybridized carbons (Fsp3) is 0.348. The Hall–Kier alpha value is -2.84. The summed E-state index contributed by atoms with van der Waals surface area (Å²) in [6.07, 6.45) is 3.86. The smallest absolute Gasteiger partial charge is 0.244 e. The minimum atomic E-state index is -3.18. The Morgan fingerprint density at radius 3 is 2.29 bits per heavy atom. The van der Waals surface area contributed by atoms with Gasteiger partial charge in [0, 0.05) is 37.9 Å². The molecule has 2 aliphatic rings. The summed E-state index contributed by atoms with van der Waals surface area (Å²) < 4.78 is 30.8. The summed E-state index contributed by atoms with van der Waals surface area (Å²) in [5.74, 6) is 0.0218. The molecule has 2 heterocycles. The molecule has 0 aliphatic carbocycles. The van der Waals surface area contributed by atoms with Crippen molar-refractivity contribution < 1.29 is 17.9 Å². The standard InChI is InChI=1S/C23H27N3O4S/c27-23(24-18-20-4-7-21(8-5-20)25-13-15-30-16-14-25)11-6-19-2-9-22(10-3-19)26-12-1-17-31(26,28)29/h2-11H,1,12-18H2,(H,24,27)/b11-6+. The number of ether oxygens (including phenoxy) is 1. The first-order valence-corrected chi connectivity index (χ1v) is 12.1. The highest BCUT2D eigenvalue weighted by Gasteiger charge is 2.28.